The highest BCUT2D eigenvalue weighted by atomic mass is 32.2. The molecule has 0 radical (unpaired) electrons. The second kappa shape index (κ2) is 13.0. The van der Waals surface area contributed by atoms with Gasteiger partial charge in [-0.3, -0.25) is 9.59 Å². The third-order valence-corrected chi connectivity index (χ3v) is 5.76. The van der Waals surface area contributed by atoms with Crippen LogP contribution in [0.15, 0.2) is 59.5 Å². The predicted molar refractivity (Wildman–Crippen MR) is 123 cm³/mol. The standard InChI is InChI=1S/C24H32N2O3S/c1-4-15-25-24(28)22(5-2)26(18-19-10-9-11-20(17-19)29-3)23(27)14-16-30-21-12-7-6-8-13-21/h6-13,17,22H,4-5,14-16,18H2,1-3H3,(H,25,28)/t22-/m1/s1. The lowest BCUT2D eigenvalue weighted by Crippen LogP contribution is -2.49. The normalized spacial score (nSPS) is 11.6. The molecule has 0 saturated carbocycles. The van der Waals surface area contributed by atoms with Gasteiger partial charge in [-0.25, -0.2) is 0 Å². The summed E-state index contributed by atoms with van der Waals surface area (Å²) in [6.07, 6.45) is 1.80. The van der Waals surface area contributed by atoms with Gasteiger partial charge >= 0.3 is 0 Å². The van der Waals surface area contributed by atoms with Crippen molar-refractivity contribution >= 4 is 23.6 Å². The molecule has 0 aliphatic rings. The van der Waals surface area contributed by atoms with Crippen molar-refractivity contribution in [1.29, 1.82) is 0 Å². The minimum atomic E-state index is -0.489. The number of methoxy groups -OCH3 is 1. The average molecular weight is 429 g/mol. The SMILES string of the molecule is CCCNC(=O)[C@@H](CC)N(Cc1cccc(OC)c1)C(=O)CCSc1ccccc1. The highest BCUT2D eigenvalue weighted by Gasteiger charge is 2.28. The van der Waals surface area contributed by atoms with Crippen LogP contribution in [0.4, 0.5) is 0 Å². The van der Waals surface area contributed by atoms with E-state index in [4.69, 9.17) is 4.74 Å². The highest BCUT2D eigenvalue weighted by molar-refractivity contribution is 7.99. The van der Waals surface area contributed by atoms with E-state index in [2.05, 4.69) is 5.32 Å². The molecule has 0 spiro atoms. The Labute approximate surface area is 184 Å². The van der Waals surface area contributed by atoms with Crippen molar-refractivity contribution in [3.8, 4) is 5.75 Å². The Bertz CT molecular complexity index is 798. The molecule has 0 unspecified atom stereocenters. The second-order valence-corrected chi connectivity index (χ2v) is 8.17. The van der Waals surface area contributed by atoms with Gasteiger partial charge < -0.3 is 15.0 Å². The van der Waals surface area contributed by atoms with Crippen LogP contribution in [-0.2, 0) is 16.1 Å². The molecule has 2 amide bonds. The number of carbonyl (C=O) groups excluding carboxylic acids is 2. The summed E-state index contributed by atoms with van der Waals surface area (Å²) in [7, 11) is 1.62. The molecule has 30 heavy (non-hydrogen) atoms. The van der Waals surface area contributed by atoms with Crippen molar-refractivity contribution < 1.29 is 14.3 Å². The molecule has 1 atom stereocenters. The Morgan fingerprint density at radius 2 is 1.87 bits per heavy atom. The third kappa shape index (κ3) is 7.41. The van der Waals surface area contributed by atoms with Gasteiger partial charge in [0, 0.05) is 30.2 Å². The lowest BCUT2D eigenvalue weighted by atomic mass is 10.1. The number of carbonyl (C=O) groups is 2. The van der Waals surface area contributed by atoms with Gasteiger partial charge in [-0.2, -0.15) is 0 Å². The molecule has 0 saturated heterocycles. The van der Waals surface area contributed by atoms with Crippen molar-refractivity contribution in [2.24, 2.45) is 0 Å². The van der Waals surface area contributed by atoms with Crippen LogP contribution in [-0.4, -0.2) is 42.2 Å². The molecule has 2 rings (SSSR count). The molecule has 0 aliphatic heterocycles. The van der Waals surface area contributed by atoms with Crippen LogP contribution in [0.3, 0.4) is 0 Å². The maximum atomic E-state index is 13.2. The largest absolute Gasteiger partial charge is 0.497 e. The van der Waals surface area contributed by atoms with Crippen LogP contribution < -0.4 is 10.1 Å². The monoisotopic (exact) mass is 428 g/mol. The van der Waals surface area contributed by atoms with Gasteiger partial charge in [0.05, 0.1) is 7.11 Å². The van der Waals surface area contributed by atoms with Crippen LogP contribution in [0, 0.1) is 0 Å². The zero-order valence-electron chi connectivity index (χ0n) is 18.1. The molecule has 0 heterocycles. The summed E-state index contributed by atoms with van der Waals surface area (Å²) in [6, 6.07) is 17.2. The number of nitrogens with zero attached hydrogens (tertiary/aromatic N) is 1. The Morgan fingerprint density at radius 1 is 1.10 bits per heavy atom. The van der Waals surface area contributed by atoms with Crippen LogP contribution in [0.25, 0.3) is 0 Å². The van der Waals surface area contributed by atoms with E-state index in [9.17, 15) is 9.59 Å². The van der Waals surface area contributed by atoms with Crippen molar-refractivity contribution in [2.45, 2.75) is 50.6 Å². The van der Waals surface area contributed by atoms with E-state index >= 15 is 0 Å². The fourth-order valence-electron chi connectivity index (χ4n) is 3.17. The third-order valence-electron chi connectivity index (χ3n) is 4.75. The van der Waals surface area contributed by atoms with Crippen LogP contribution in [0.5, 0.6) is 5.75 Å². The van der Waals surface area contributed by atoms with Crippen molar-refractivity contribution in [3.05, 3.63) is 60.2 Å². The molecule has 162 valence electrons. The van der Waals surface area contributed by atoms with Crippen molar-refractivity contribution in [1.82, 2.24) is 10.2 Å². The summed E-state index contributed by atoms with van der Waals surface area (Å²) in [5.41, 5.74) is 0.945. The lowest BCUT2D eigenvalue weighted by Gasteiger charge is -2.30. The molecular formula is C24H32N2O3S. The average Bonchev–Trinajstić information content (AvgIpc) is 2.78. The fraction of sp³-hybridized carbons (Fsp3) is 0.417. The number of nitrogens with one attached hydrogen (secondary N) is 1. The molecule has 0 bridgehead atoms. The highest BCUT2D eigenvalue weighted by Crippen LogP contribution is 2.21. The fourth-order valence-corrected chi connectivity index (χ4v) is 4.03. The Kier molecular flexibility index (Phi) is 10.3. The Morgan fingerprint density at radius 3 is 2.53 bits per heavy atom. The topological polar surface area (TPSA) is 58.6 Å². The van der Waals surface area contributed by atoms with Crippen molar-refractivity contribution in [2.75, 3.05) is 19.4 Å². The molecule has 5 nitrogen and oxygen atoms in total. The molecule has 0 fully saturated rings. The van der Waals surface area contributed by atoms with E-state index in [0.717, 1.165) is 22.6 Å². The first-order valence-corrected chi connectivity index (χ1v) is 11.5. The molecule has 2 aromatic carbocycles. The van der Waals surface area contributed by atoms with Crippen molar-refractivity contribution in [3.63, 3.8) is 0 Å². The summed E-state index contributed by atoms with van der Waals surface area (Å²) in [4.78, 5) is 28.8. The number of amides is 2. The van der Waals surface area contributed by atoms with Gasteiger partial charge in [-0.1, -0.05) is 44.2 Å². The zero-order chi connectivity index (χ0) is 21.8. The van der Waals surface area contributed by atoms with Gasteiger partial charge in [0.1, 0.15) is 11.8 Å². The number of benzene rings is 2. The second-order valence-electron chi connectivity index (χ2n) is 7.00. The van der Waals surface area contributed by atoms with Gasteiger partial charge in [0.2, 0.25) is 11.8 Å². The molecular weight excluding hydrogens is 396 g/mol. The van der Waals surface area contributed by atoms with Gasteiger partial charge in [0.25, 0.3) is 0 Å². The maximum Gasteiger partial charge on any atom is 0.242 e. The maximum absolute atomic E-state index is 13.2. The van der Waals surface area contributed by atoms with E-state index in [1.807, 2.05) is 68.4 Å². The smallest absolute Gasteiger partial charge is 0.242 e. The van der Waals surface area contributed by atoms with Gasteiger partial charge in [-0.15, -0.1) is 11.8 Å². The van der Waals surface area contributed by atoms with Gasteiger partial charge in [-0.05, 0) is 42.7 Å². The Balaban J connectivity index is 2.13. The summed E-state index contributed by atoms with van der Waals surface area (Å²) in [5, 5.41) is 2.95. The number of ether oxygens (including phenoxy) is 1. The summed E-state index contributed by atoms with van der Waals surface area (Å²) in [6.45, 7) is 4.95. The Hall–Kier alpha value is -2.47. The molecule has 0 aliphatic carbocycles. The zero-order valence-corrected chi connectivity index (χ0v) is 18.9. The molecule has 0 aromatic heterocycles. The number of rotatable bonds is 12. The summed E-state index contributed by atoms with van der Waals surface area (Å²) >= 11 is 1.65. The quantitative estimate of drug-likeness (QED) is 0.505. The number of thioether (sulfide) groups is 1. The lowest BCUT2D eigenvalue weighted by molar-refractivity contribution is -0.141. The minimum absolute atomic E-state index is 0.0141. The number of hydrogen-bond acceptors (Lipinski definition) is 4. The van der Waals surface area contributed by atoms with Crippen LogP contribution in [0.2, 0.25) is 0 Å². The molecule has 1 N–H and O–H groups in total. The minimum Gasteiger partial charge on any atom is -0.497 e. The van der Waals surface area contributed by atoms with E-state index in [0.29, 0.717) is 31.7 Å². The van der Waals surface area contributed by atoms with E-state index in [1.54, 1.807) is 23.8 Å². The summed E-state index contributed by atoms with van der Waals surface area (Å²) < 4.78 is 5.31. The van der Waals surface area contributed by atoms with Gasteiger partial charge in [0.15, 0.2) is 0 Å². The first-order valence-electron chi connectivity index (χ1n) is 10.5. The predicted octanol–water partition coefficient (Wildman–Crippen LogP) is 4.51. The summed E-state index contributed by atoms with van der Waals surface area (Å²) in [5.74, 6) is 1.30. The molecule has 6 heteroatoms. The first kappa shape index (κ1) is 23.8. The molecule has 2 aromatic rings. The van der Waals surface area contributed by atoms with E-state index in [1.165, 1.54) is 0 Å². The van der Waals surface area contributed by atoms with Crippen LogP contribution in [0.1, 0.15) is 38.7 Å². The van der Waals surface area contributed by atoms with Crippen LogP contribution >= 0.6 is 11.8 Å². The van der Waals surface area contributed by atoms with E-state index in [-0.39, 0.29) is 11.8 Å². The number of hydrogen-bond donors (Lipinski definition) is 1. The first-order chi connectivity index (χ1) is 14.6. The van der Waals surface area contributed by atoms with E-state index < -0.39 is 6.04 Å².